The van der Waals surface area contributed by atoms with Crippen LogP contribution in [0.25, 0.3) is 11.1 Å². The van der Waals surface area contributed by atoms with Gasteiger partial charge in [-0.05, 0) is 161 Å². The number of nitrogens with one attached hydrogen (secondary N) is 4. The van der Waals surface area contributed by atoms with Gasteiger partial charge in [-0.3, -0.25) is 24.0 Å². The molecule has 0 spiro atoms. The summed E-state index contributed by atoms with van der Waals surface area (Å²) in [7, 11) is 2.51. The molecule has 0 aromatic heterocycles. The first-order valence-corrected chi connectivity index (χ1v) is 25.9. The van der Waals surface area contributed by atoms with Crippen LogP contribution in [0.1, 0.15) is 145 Å². The first-order valence-electron chi connectivity index (χ1n) is 25.9. The zero-order valence-corrected chi connectivity index (χ0v) is 42.7. The number of carbonyl (C=O) groups is 5. The summed E-state index contributed by atoms with van der Waals surface area (Å²) in [4.78, 5) is 72.7. The van der Waals surface area contributed by atoms with Crippen molar-refractivity contribution in [1.82, 2.24) is 26.2 Å². The second-order valence-corrected chi connectivity index (χ2v) is 21.1. The fraction of sp³-hybridized carbons (Fsp3) is 0.582. The van der Waals surface area contributed by atoms with E-state index in [2.05, 4.69) is 73.2 Å². The van der Waals surface area contributed by atoms with E-state index in [1.807, 2.05) is 25.1 Å². The lowest BCUT2D eigenvalue weighted by atomic mass is 9.43. The lowest BCUT2D eigenvalue weighted by molar-refractivity contribution is -0.199. The minimum Gasteiger partial charge on any atom is -0.496 e. The number of nitrogens with zero attached hydrogens (tertiary/aromatic N) is 1. The van der Waals surface area contributed by atoms with E-state index >= 15 is 0 Å². The summed E-state index contributed by atoms with van der Waals surface area (Å²) in [5.74, 6) is -1.29. The molecule has 5 amide bonds. The van der Waals surface area contributed by atoms with Gasteiger partial charge in [0.1, 0.15) is 29.9 Å². The fourth-order valence-corrected chi connectivity index (χ4v) is 11.4. The lowest BCUT2D eigenvalue weighted by Crippen LogP contribution is -2.65. The van der Waals surface area contributed by atoms with Crippen molar-refractivity contribution < 1.29 is 38.0 Å². The van der Waals surface area contributed by atoms with Crippen LogP contribution in [0.5, 0.6) is 5.75 Å². The molecule has 5 aliphatic rings. The number of fused-ring (bicyclic) bond motifs is 2. The van der Waals surface area contributed by atoms with Gasteiger partial charge in [0.05, 0.1) is 24.8 Å². The minimum absolute atomic E-state index is 0.0402. The van der Waals surface area contributed by atoms with Crippen LogP contribution in [0.2, 0.25) is 0 Å². The van der Waals surface area contributed by atoms with Gasteiger partial charge in [-0.1, -0.05) is 82.5 Å². The molecule has 3 aromatic carbocycles. The molecule has 378 valence electrons. The lowest BCUT2D eigenvalue weighted by Gasteiger charge is -2.64. The molecule has 3 aliphatic carbocycles. The average molecular weight is 961 g/mol. The van der Waals surface area contributed by atoms with Crippen LogP contribution in [0.15, 0.2) is 66.7 Å². The highest BCUT2D eigenvalue weighted by Gasteiger charge is 2.68. The minimum atomic E-state index is -1.20. The monoisotopic (exact) mass is 961 g/mol. The largest absolute Gasteiger partial charge is 0.496 e. The Hall–Kier alpha value is -5.25. The third-order valence-electron chi connectivity index (χ3n) is 16.0. The van der Waals surface area contributed by atoms with E-state index in [9.17, 15) is 24.0 Å². The third kappa shape index (κ3) is 11.6. The number of benzene rings is 3. The molecule has 9 atom stereocenters. The van der Waals surface area contributed by atoms with Crippen molar-refractivity contribution in [3.63, 3.8) is 0 Å². The van der Waals surface area contributed by atoms with E-state index in [1.165, 1.54) is 17.5 Å². The summed E-state index contributed by atoms with van der Waals surface area (Å²) in [6.07, 6.45) is 9.92. The first-order chi connectivity index (χ1) is 33.5. The fourth-order valence-electron chi connectivity index (χ4n) is 11.4. The van der Waals surface area contributed by atoms with Crippen molar-refractivity contribution in [2.24, 2.45) is 23.0 Å². The van der Waals surface area contributed by atoms with Gasteiger partial charge in [0.25, 0.3) is 5.91 Å². The highest BCUT2D eigenvalue weighted by atomic mass is 16.7. The quantitative estimate of drug-likeness (QED) is 0.0743. The van der Waals surface area contributed by atoms with Gasteiger partial charge >= 0.3 is 7.12 Å². The van der Waals surface area contributed by atoms with Crippen LogP contribution in [0, 0.1) is 17.3 Å². The van der Waals surface area contributed by atoms with Crippen molar-refractivity contribution in [1.29, 1.82) is 0 Å². The molecule has 15 heteroatoms. The average Bonchev–Trinajstić information content (AvgIpc) is 3.72. The van der Waals surface area contributed by atoms with Crippen LogP contribution in [-0.2, 0) is 41.3 Å². The standard InChI is InChI=1S/C55H77BN6O8/c1-9-10-16-36-20-22-37(23-21-36)38-24-26-39(27-25-38)50(64)61-44(19-14-15-30-57)53(67)62(7)48-41-28-29-45(68-8)40(31-41)17-12-11-13-18-43(60-49(63)34(2)58-52(48)66)51(65)59-35(3)56-69-47-33-42-32-46(54(42,4)5)55(47,6)70-56/h20-29,31,34-35,42-44,46-48H,9-19,30,32-33,57H2,1-8H3,(H,58,66)(H,59,65)(H,60,63)(H,61,64)/t34-,35-,42-,43-,44-,46-,47+,48-,55-/m0/s1. The smallest absolute Gasteiger partial charge is 0.481 e. The van der Waals surface area contributed by atoms with Gasteiger partial charge in [0.2, 0.25) is 23.6 Å². The number of carbonyl (C=O) groups excluding carboxylic acids is 5. The SMILES string of the molecule is CCCCc1ccc(-c2ccc(C(=O)N[C@@H](CCCCN)C(=O)N(C)[C@@H]3C(=O)N[C@@H](C)C(=O)N[C@H](C(=O)N[C@@H](C)B4O[C@@H]5C[C@@H]6C[C@@H](C6(C)C)[C@]5(C)O4)CCCCCc4cc3ccc4OC)cc2)cc1. The number of hydrogen-bond donors (Lipinski definition) is 5. The van der Waals surface area contributed by atoms with Gasteiger partial charge in [0.15, 0.2) is 0 Å². The molecule has 2 aliphatic heterocycles. The molecular weight excluding hydrogens is 883 g/mol. The summed E-state index contributed by atoms with van der Waals surface area (Å²) in [5, 5.41) is 11.8. The molecule has 4 fully saturated rings. The summed E-state index contributed by atoms with van der Waals surface area (Å²) in [6.45, 7) is 12.8. The predicted molar refractivity (Wildman–Crippen MR) is 273 cm³/mol. The number of likely N-dealkylation sites (N-methyl/N-ethyl adjacent to an activating group) is 1. The maximum absolute atomic E-state index is 14.7. The van der Waals surface area contributed by atoms with Gasteiger partial charge in [-0.15, -0.1) is 0 Å². The van der Waals surface area contributed by atoms with E-state index in [0.29, 0.717) is 67.4 Å². The number of unbranched alkanes of at least 4 members (excludes halogenated alkanes) is 2. The molecule has 1 saturated heterocycles. The Morgan fingerprint density at radius 2 is 1.63 bits per heavy atom. The Morgan fingerprint density at radius 1 is 0.914 bits per heavy atom. The topological polar surface area (TPSA) is 190 Å². The van der Waals surface area contributed by atoms with Crippen molar-refractivity contribution in [3.05, 3.63) is 89.0 Å². The van der Waals surface area contributed by atoms with Crippen molar-refractivity contribution in [2.75, 3.05) is 20.7 Å². The van der Waals surface area contributed by atoms with Crippen molar-refractivity contribution in [3.8, 4) is 16.9 Å². The number of hydrogen-bond acceptors (Lipinski definition) is 9. The second kappa shape index (κ2) is 22.9. The Labute approximate surface area is 415 Å². The molecule has 0 unspecified atom stereocenters. The maximum atomic E-state index is 14.7. The number of nitrogens with two attached hydrogens (primary N) is 1. The molecule has 3 saturated carbocycles. The summed E-state index contributed by atoms with van der Waals surface area (Å²) in [6, 6.07) is 17.0. The van der Waals surface area contributed by atoms with Crippen LogP contribution < -0.4 is 31.7 Å². The first kappa shape index (κ1) is 52.6. The van der Waals surface area contributed by atoms with Crippen molar-refractivity contribution in [2.45, 2.75) is 167 Å². The zero-order valence-electron chi connectivity index (χ0n) is 42.7. The van der Waals surface area contributed by atoms with Crippen LogP contribution in [-0.4, -0.2) is 98.0 Å². The number of amides is 5. The van der Waals surface area contributed by atoms with E-state index in [1.54, 1.807) is 38.3 Å². The van der Waals surface area contributed by atoms with Crippen LogP contribution in [0.4, 0.5) is 0 Å². The Balaban J connectivity index is 1.06. The predicted octanol–water partition coefficient (Wildman–Crippen LogP) is 7.01. The third-order valence-corrected chi connectivity index (χ3v) is 16.0. The molecule has 8 rings (SSSR count). The normalized spacial score (nSPS) is 26.2. The molecule has 4 bridgehead atoms. The molecule has 14 nitrogen and oxygen atoms in total. The number of methoxy groups -OCH3 is 1. The van der Waals surface area contributed by atoms with Crippen LogP contribution in [0.3, 0.4) is 0 Å². The Morgan fingerprint density at radius 3 is 2.30 bits per heavy atom. The van der Waals surface area contributed by atoms with Gasteiger partial charge < -0.3 is 45.9 Å². The molecular formula is C55H77BN6O8. The number of rotatable bonds is 16. The number of aryl methyl sites for hydroxylation is 2. The molecule has 2 heterocycles. The molecule has 70 heavy (non-hydrogen) atoms. The Bertz CT molecular complexity index is 2330. The van der Waals surface area contributed by atoms with E-state index < -0.39 is 66.5 Å². The maximum Gasteiger partial charge on any atom is 0.481 e. The summed E-state index contributed by atoms with van der Waals surface area (Å²) < 4.78 is 18.9. The van der Waals surface area contributed by atoms with Crippen molar-refractivity contribution >= 4 is 36.7 Å². The highest BCUT2D eigenvalue weighted by Crippen LogP contribution is 2.65. The molecule has 0 radical (unpaired) electrons. The zero-order chi connectivity index (χ0) is 50.3. The van der Waals surface area contributed by atoms with Gasteiger partial charge in [0, 0.05) is 12.6 Å². The second-order valence-electron chi connectivity index (χ2n) is 21.1. The summed E-state index contributed by atoms with van der Waals surface area (Å²) >= 11 is 0. The van der Waals surface area contributed by atoms with Crippen LogP contribution >= 0.6 is 0 Å². The number of ether oxygens (including phenoxy) is 1. The summed E-state index contributed by atoms with van der Waals surface area (Å²) in [5.41, 5.74) is 10.7. The van der Waals surface area contributed by atoms with E-state index in [-0.39, 0.29) is 23.8 Å². The molecule has 6 N–H and O–H groups in total. The van der Waals surface area contributed by atoms with Gasteiger partial charge in [-0.25, -0.2) is 0 Å². The van der Waals surface area contributed by atoms with Gasteiger partial charge in [-0.2, -0.15) is 0 Å². The molecule has 3 aromatic rings. The highest BCUT2D eigenvalue weighted by molar-refractivity contribution is 6.47. The Kier molecular flexibility index (Phi) is 17.2. The van der Waals surface area contributed by atoms with E-state index in [0.717, 1.165) is 61.6 Å². The van der Waals surface area contributed by atoms with E-state index in [4.69, 9.17) is 19.8 Å².